The van der Waals surface area contributed by atoms with E-state index >= 15 is 0 Å². The highest BCUT2D eigenvalue weighted by Gasteiger charge is 2.33. The van der Waals surface area contributed by atoms with Crippen LogP contribution in [0.15, 0.2) is 0 Å². The van der Waals surface area contributed by atoms with Gasteiger partial charge in [0.1, 0.15) is 0 Å². The van der Waals surface area contributed by atoms with E-state index in [9.17, 15) is 9.59 Å². The maximum absolute atomic E-state index is 12.3. The van der Waals surface area contributed by atoms with Gasteiger partial charge >= 0.3 is 5.97 Å². The van der Waals surface area contributed by atoms with Gasteiger partial charge in [-0.25, -0.2) is 0 Å². The van der Waals surface area contributed by atoms with Crippen LogP contribution in [-0.2, 0) is 9.59 Å². The normalized spacial score (nSPS) is 14.7. The summed E-state index contributed by atoms with van der Waals surface area (Å²) in [5, 5.41) is 11.8. The van der Waals surface area contributed by atoms with Crippen LogP contribution in [0.25, 0.3) is 0 Å². The van der Waals surface area contributed by atoms with Gasteiger partial charge < -0.3 is 16.2 Å². The minimum absolute atomic E-state index is 0.0174. The molecule has 4 N–H and O–H groups in total. The third-order valence-electron chi connectivity index (χ3n) is 4.30. The Kier molecular flexibility index (Phi) is 8.46. The molecule has 0 spiro atoms. The number of carbonyl (C=O) groups is 2. The summed E-state index contributed by atoms with van der Waals surface area (Å²) in [6, 6.07) is 0.0486. The highest BCUT2D eigenvalue weighted by molar-refractivity contribution is 5.83. The van der Waals surface area contributed by atoms with E-state index in [0.29, 0.717) is 13.0 Å². The van der Waals surface area contributed by atoms with Gasteiger partial charge in [0.15, 0.2) is 0 Å². The van der Waals surface area contributed by atoms with E-state index in [1.165, 1.54) is 0 Å². The summed E-state index contributed by atoms with van der Waals surface area (Å²) in [4.78, 5) is 23.0. The molecule has 0 aliphatic heterocycles. The fourth-order valence-electron chi connectivity index (χ4n) is 2.26. The van der Waals surface area contributed by atoms with E-state index in [0.717, 1.165) is 25.7 Å². The van der Waals surface area contributed by atoms with Gasteiger partial charge in [0.25, 0.3) is 0 Å². The number of amides is 1. The fraction of sp³-hybridized carbons (Fsp3) is 0.867. The van der Waals surface area contributed by atoms with Crippen molar-refractivity contribution >= 4 is 11.9 Å². The average Bonchev–Trinajstić information content (AvgIpc) is 2.41. The molecule has 2 unspecified atom stereocenters. The van der Waals surface area contributed by atoms with Gasteiger partial charge in [-0.1, -0.05) is 27.2 Å². The molecular formula is C15H30N2O3. The van der Waals surface area contributed by atoms with Gasteiger partial charge in [-0.2, -0.15) is 0 Å². The molecule has 5 heteroatoms. The number of hydrogen-bond donors (Lipinski definition) is 3. The van der Waals surface area contributed by atoms with Crippen molar-refractivity contribution in [3.8, 4) is 0 Å². The summed E-state index contributed by atoms with van der Waals surface area (Å²) in [5.41, 5.74) is 5.28. The number of nitrogens with two attached hydrogens (primary N) is 1. The number of hydrogen-bond acceptors (Lipinski definition) is 3. The number of rotatable bonds is 10. The summed E-state index contributed by atoms with van der Waals surface area (Å²) in [6.07, 6.45) is 3.68. The number of carboxylic acid groups (broad SMARTS) is 1. The van der Waals surface area contributed by atoms with Crippen LogP contribution in [0.2, 0.25) is 0 Å². The molecule has 118 valence electrons. The van der Waals surface area contributed by atoms with Crippen LogP contribution in [0.4, 0.5) is 0 Å². The van der Waals surface area contributed by atoms with Gasteiger partial charge in [0.2, 0.25) is 5.91 Å². The SMILES string of the molecule is CCC(CC)(CN)C(=O)NC(C)CCCC(C)C(=O)O. The quantitative estimate of drug-likeness (QED) is 0.573. The zero-order valence-electron chi connectivity index (χ0n) is 13.2. The Morgan fingerprint density at radius 2 is 1.75 bits per heavy atom. The van der Waals surface area contributed by atoms with Crippen LogP contribution in [-0.4, -0.2) is 29.6 Å². The smallest absolute Gasteiger partial charge is 0.306 e. The first-order valence-corrected chi connectivity index (χ1v) is 7.56. The Morgan fingerprint density at radius 3 is 2.15 bits per heavy atom. The number of aliphatic carboxylic acids is 1. The van der Waals surface area contributed by atoms with Crippen molar-refractivity contribution in [3.63, 3.8) is 0 Å². The fourth-order valence-corrected chi connectivity index (χ4v) is 2.26. The van der Waals surface area contributed by atoms with Crippen molar-refractivity contribution < 1.29 is 14.7 Å². The Hall–Kier alpha value is -1.10. The lowest BCUT2D eigenvalue weighted by molar-refractivity contribution is -0.141. The summed E-state index contributed by atoms with van der Waals surface area (Å²) < 4.78 is 0. The molecule has 20 heavy (non-hydrogen) atoms. The maximum Gasteiger partial charge on any atom is 0.306 e. The topological polar surface area (TPSA) is 92.4 Å². The van der Waals surface area contributed by atoms with Gasteiger partial charge in [-0.05, 0) is 32.6 Å². The Bertz CT molecular complexity index is 306. The monoisotopic (exact) mass is 286 g/mol. The van der Waals surface area contributed by atoms with E-state index in [4.69, 9.17) is 10.8 Å². The summed E-state index contributed by atoms with van der Waals surface area (Å²) in [7, 11) is 0. The van der Waals surface area contributed by atoms with Crippen molar-refractivity contribution in [1.29, 1.82) is 0 Å². The molecule has 5 nitrogen and oxygen atoms in total. The lowest BCUT2D eigenvalue weighted by atomic mass is 9.81. The summed E-state index contributed by atoms with van der Waals surface area (Å²) in [5.74, 6) is -1.07. The molecule has 0 radical (unpaired) electrons. The first-order valence-electron chi connectivity index (χ1n) is 7.56. The minimum atomic E-state index is -0.763. The largest absolute Gasteiger partial charge is 0.481 e. The average molecular weight is 286 g/mol. The highest BCUT2D eigenvalue weighted by Crippen LogP contribution is 2.25. The van der Waals surface area contributed by atoms with E-state index < -0.39 is 11.4 Å². The molecule has 0 aromatic rings. The van der Waals surface area contributed by atoms with Crippen molar-refractivity contribution in [1.82, 2.24) is 5.32 Å². The highest BCUT2D eigenvalue weighted by atomic mass is 16.4. The molecule has 0 aromatic carbocycles. The Morgan fingerprint density at radius 1 is 1.20 bits per heavy atom. The van der Waals surface area contributed by atoms with Crippen molar-refractivity contribution in [2.24, 2.45) is 17.1 Å². The predicted octanol–water partition coefficient (Wildman–Crippen LogP) is 2.15. The van der Waals surface area contributed by atoms with Crippen LogP contribution < -0.4 is 11.1 Å². The maximum atomic E-state index is 12.3. The molecule has 0 fully saturated rings. The zero-order chi connectivity index (χ0) is 15.8. The number of carboxylic acids is 1. The second-order valence-corrected chi connectivity index (χ2v) is 5.74. The molecular weight excluding hydrogens is 256 g/mol. The molecule has 2 atom stereocenters. The summed E-state index contributed by atoms with van der Waals surface area (Å²) >= 11 is 0. The van der Waals surface area contributed by atoms with Crippen molar-refractivity contribution in [2.75, 3.05) is 6.54 Å². The van der Waals surface area contributed by atoms with E-state index in [2.05, 4.69) is 5.32 Å². The standard InChI is InChI=1S/C15H30N2O3/c1-5-15(6-2,10-16)14(20)17-12(4)9-7-8-11(3)13(18)19/h11-12H,5-10,16H2,1-4H3,(H,17,20)(H,18,19). The lowest BCUT2D eigenvalue weighted by Gasteiger charge is -2.30. The third-order valence-corrected chi connectivity index (χ3v) is 4.30. The van der Waals surface area contributed by atoms with Gasteiger partial charge in [0.05, 0.1) is 11.3 Å². The van der Waals surface area contributed by atoms with Crippen molar-refractivity contribution in [3.05, 3.63) is 0 Å². The molecule has 0 aromatic heterocycles. The lowest BCUT2D eigenvalue weighted by Crippen LogP contribution is -2.48. The molecule has 0 rings (SSSR count). The number of carbonyl (C=O) groups excluding carboxylic acids is 1. The Labute approximate surface area is 122 Å². The minimum Gasteiger partial charge on any atom is -0.481 e. The summed E-state index contributed by atoms with van der Waals surface area (Å²) in [6.45, 7) is 7.98. The van der Waals surface area contributed by atoms with Crippen molar-refractivity contribution in [2.45, 2.75) is 65.8 Å². The molecule has 0 saturated heterocycles. The molecule has 0 saturated carbocycles. The molecule has 1 amide bonds. The molecule has 0 aliphatic rings. The van der Waals surface area contributed by atoms with E-state index in [1.807, 2.05) is 20.8 Å². The first-order chi connectivity index (χ1) is 9.32. The van der Waals surface area contributed by atoms with Gasteiger partial charge in [0, 0.05) is 12.6 Å². The van der Waals surface area contributed by atoms with Crippen LogP contribution in [0.3, 0.4) is 0 Å². The zero-order valence-corrected chi connectivity index (χ0v) is 13.2. The van der Waals surface area contributed by atoms with Crippen LogP contribution in [0.1, 0.15) is 59.8 Å². The van der Waals surface area contributed by atoms with Crippen LogP contribution >= 0.6 is 0 Å². The second-order valence-electron chi connectivity index (χ2n) is 5.74. The Balaban J connectivity index is 4.23. The van der Waals surface area contributed by atoms with E-state index in [-0.39, 0.29) is 17.9 Å². The molecule has 0 bridgehead atoms. The molecule has 0 aliphatic carbocycles. The first kappa shape index (κ1) is 18.9. The van der Waals surface area contributed by atoms with Gasteiger partial charge in [-0.3, -0.25) is 9.59 Å². The van der Waals surface area contributed by atoms with E-state index in [1.54, 1.807) is 6.92 Å². The molecule has 0 heterocycles. The van der Waals surface area contributed by atoms with Gasteiger partial charge in [-0.15, -0.1) is 0 Å². The number of nitrogens with one attached hydrogen (secondary N) is 1. The predicted molar refractivity (Wildman–Crippen MR) is 80.3 cm³/mol. The van der Waals surface area contributed by atoms with Crippen LogP contribution in [0.5, 0.6) is 0 Å². The third kappa shape index (κ3) is 5.49. The van der Waals surface area contributed by atoms with Crippen LogP contribution in [0, 0.1) is 11.3 Å². The second kappa shape index (κ2) is 8.95.